The van der Waals surface area contributed by atoms with Crippen molar-refractivity contribution in [2.75, 3.05) is 18.5 Å². The van der Waals surface area contributed by atoms with Crippen molar-refractivity contribution in [2.45, 2.75) is 53.1 Å². The first kappa shape index (κ1) is 17.5. The second-order valence-electron chi connectivity index (χ2n) is 6.06. The van der Waals surface area contributed by atoms with Crippen molar-refractivity contribution in [3.63, 3.8) is 0 Å². The Balaban J connectivity index is 2.67. The summed E-state index contributed by atoms with van der Waals surface area (Å²) in [6, 6.07) is 7.25. The molecule has 2 nitrogen and oxygen atoms in total. The first-order chi connectivity index (χ1) is 9.45. The fourth-order valence-corrected chi connectivity index (χ4v) is 3.01. The topological polar surface area (TPSA) is 15.3 Å². The minimum atomic E-state index is 0.571. The average molecular weight is 341 g/mol. The molecule has 0 spiro atoms. The number of nitrogens with one attached hydrogen (secondary N) is 1. The van der Waals surface area contributed by atoms with E-state index in [2.05, 4.69) is 79.1 Å². The van der Waals surface area contributed by atoms with Gasteiger partial charge in [0.05, 0.1) is 5.69 Å². The van der Waals surface area contributed by atoms with Crippen LogP contribution >= 0.6 is 15.9 Å². The molecule has 3 heteroatoms. The van der Waals surface area contributed by atoms with Crippen molar-refractivity contribution in [3.8, 4) is 0 Å². The average Bonchev–Trinajstić information content (AvgIpc) is 2.38. The van der Waals surface area contributed by atoms with Crippen LogP contribution in [0.15, 0.2) is 22.7 Å². The summed E-state index contributed by atoms with van der Waals surface area (Å²) in [6.07, 6.45) is 2.45. The summed E-state index contributed by atoms with van der Waals surface area (Å²) in [6.45, 7) is 11.0. The molecule has 20 heavy (non-hydrogen) atoms. The number of benzene rings is 1. The Kier molecular flexibility index (Phi) is 7.60. The van der Waals surface area contributed by atoms with E-state index >= 15 is 0 Å². The van der Waals surface area contributed by atoms with E-state index in [-0.39, 0.29) is 0 Å². The Morgan fingerprint density at radius 1 is 1.25 bits per heavy atom. The summed E-state index contributed by atoms with van der Waals surface area (Å²) in [5.74, 6) is 0.693. The van der Waals surface area contributed by atoms with E-state index < -0.39 is 0 Å². The number of nitrogens with zero attached hydrogens (tertiary/aromatic N) is 1. The highest BCUT2D eigenvalue weighted by Gasteiger charge is 2.12. The molecule has 114 valence electrons. The van der Waals surface area contributed by atoms with E-state index in [9.17, 15) is 0 Å². The Bertz CT molecular complexity index is 404. The standard InChI is InChI=1S/C17H29BrN2/c1-6-7-14(4)20(5)17-9-8-15(10-16(17)18)12-19-11-13(2)3/h8-10,13-14,19H,6-7,11-12H2,1-5H3. The Labute approximate surface area is 133 Å². The van der Waals surface area contributed by atoms with Gasteiger partial charge in [-0.1, -0.05) is 33.3 Å². The normalized spacial score (nSPS) is 12.8. The second kappa shape index (κ2) is 8.68. The largest absolute Gasteiger partial charge is 0.371 e. The van der Waals surface area contributed by atoms with Crippen LogP contribution in [0.4, 0.5) is 5.69 Å². The molecule has 0 saturated heterocycles. The number of anilines is 1. The van der Waals surface area contributed by atoms with Gasteiger partial charge >= 0.3 is 0 Å². The van der Waals surface area contributed by atoms with E-state index in [1.54, 1.807) is 0 Å². The SMILES string of the molecule is CCCC(C)N(C)c1ccc(CNCC(C)C)cc1Br. The van der Waals surface area contributed by atoms with E-state index in [0.29, 0.717) is 12.0 Å². The maximum Gasteiger partial charge on any atom is 0.0510 e. The van der Waals surface area contributed by atoms with Crippen molar-refractivity contribution in [2.24, 2.45) is 5.92 Å². The van der Waals surface area contributed by atoms with Crippen LogP contribution in [-0.2, 0) is 6.54 Å². The van der Waals surface area contributed by atoms with Gasteiger partial charge in [0.1, 0.15) is 0 Å². The predicted molar refractivity (Wildman–Crippen MR) is 93.5 cm³/mol. The molecule has 1 N–H and O–H groups in total. The van der Waals surface area contributed by atoms with Gasteiger partial charge in [0.25, 0.3) is 0 Å². The maximum atomic E-state index is 3.72. The zero-order chi connectivity index (χ0) is 15.1. The molecule has 1 rings (SSSR count). The third-order valence-corrected chi connectivity index (χ3v) is 4.28. The lowest BCUT2D eigenvalue weighted by atomic mass is 10.1. The molecular formula is C17H29BrN2. The summed E-state index contributed by atoms with van der Waals surface area (Å²) < 4.78 is 1.19. The maximum absolute atomic E-state index is 3.72. The number of halogens is 1. The molecule has 1 aromatic carbocycles. The minimum absolute atomic E-state index is 0.571. The van der Waals surface area contributed by atoms with E-state index in [4.69, 9.17) is 0 Å². The lowest BCUT2D eigenvalue weighted by Crippen LogP contribution is -2.28. The zero-order valence-electron chi connectivity index (χ0n) is 13.5. The van der Waals surface area contributed by atoms with Crippen molar-refractivity contribution < 1.29 is 0 Å². The number of hydrogen-bond donors (Lipinski definition) is 1. The smallest absolute Gasteiger partial charge is 0.0510 e. The number of hydrogen-bond acceptors (Lipinski definition) is 2. The highest BCUT2D eigenvalue weighted by molar-refractivity contribution is 9.10. The van der Waals surface area contributed by atoms with Crippen LogP contribution in [0, 0.1) is 5.92 Å². The molecule has 0 fully saturated rings. The second-order valence-corrected chi connectivity index (χ2v) is 6.91. The highest BCUT2D eigenvalue weighted by Crippen LogP contribution is 2.28. The first-order valence-electron chi connectivity index (χ1n) is 7.67. The van der Waals surface area contributed by atoms with Crippen LogP contribution in [0.2, 0.25) is 0 Å². The third-order valence-electron chi connectivity index (χ3n) is 3.64. The zero-order valence-corrected chi connectivity index (χ0v) is 15.1. The van der Waals surface area contributed by atoms with E-state index in [0.717, 1.165) is 13.1 Å². The molecule has 1 unspecified atom stereocenters. The molecule has 1 atom stereocenters. The first-order valence-corrected chi connectivity index (χ1v) is 8.47. The molecule has 0 amide bonds. The van der Waals surface area contributed by atoms with Crippen LogP contribution < -0.4 is 10.2 Å². The summed E-state index contributed by atoms with van der Waals surface area (Å²) in [5.41, 5.74) is 2.61. The summed E-state index contributed by atoms with van der Waals surface area (Å²) in [4.78, 5) is 2.36. The molecule has 0 bridgehead atoms. The molecule has 0 aliphatic carbocycles. The lowest BCUT2D eigenvalue weighted by Gasteiger charge is -2.28. The minimum Gasteiger partial charge on any atom is -0.371 e. The molecule has 0 saturated carbocycles. The van der Waals surface area contributed by atoms with Crippen LogP contribution in [0.5, 0.6) is 0 Å². The fraction of sp³-hybridized carbons (Fsp3) is 0.647. The van der Waals surface area contributed by atoms with Gasteiger partial charge in [0, 0.05) is 24.1 Å². The van der Waals surface area contributed by atoms with Gasteiger partial charge in [-0.25, -0.2) is 0 Å². The van der Waals surface area contributed by atoms with Crippen LogP contribution in [0.1, 0.15) is 46.1 Å². The van der Waals surface area contributed by atoms with Crippen molar-refractivity contribution in [1.82, 2.24) is 5.32 Å². The molecule has 0 aromatic heterocycles. The molecule has 0 radical (unpaired) electrons. The Hall–Kier alpha value is -0.540. The van der Waals surface area contributed by atoms with Crippen molar-refractivity contribution >= 4 is 21.6 Å². The summed E-state index contributed by atoms with van der Waals surface area (Å²) in [7, 11) is 2.18. The quantitative estimate of drug-likeness (QED) is 0.729. The van der Waals surface area contributed by atoms with Gasteiger partial charge in [-0.3, -0.25) is 0 Å². The van der Waals surface area contributed by atoms with Crippen LogP contribution in [-0.4, -0.2) is 19.6 Å². The highest BCUT2D eigenvalue weighted by atomic mass is 79.9. The molecular weight excluding hydrogens is 312 g/mol. The van der Waals surface area contributed by atoms with E-state index in [1.807, 2.05) is 0 Å². The van der Waals surface area contributed by atoms with Gasteiger partial charge in [0.2, 0.25) is 0 Å². The van der Waals surface area contributed by atoms with Gasteiger partial charge in [-0.2, -0.15) is 0 Å². The van der Waals surface area contributed by atoms with Crippen LogP contribution in [0.25, 0.3) is 0 Å². The Morgan fingerprint density at radius 3 is 2.50 bits per heavy atom. The van der Waals surface area contributed by atoms with Crippen LogP contribution in [0.3, 0.4) is 0 Å². The molecule has 0 heterocycles. The predicted octanol–water partition coefficient (Wildman–Crippen LogP) is 4.82. The third kappa shape index (κ3) is 5.45. The number of rotatable bonds is 8. The Morgan fingerprint density at radius 2 is 1.95 bits per heavy atom. The van der Waals surface area contributed by atoms with E-state index in [1.165, 1.54) is 28.6 Å². The molecule has 1 aromatic rings. The van der Waals surface area contributed by atoms with Gasteiger partial charge < -0.3 is 10.2 Å². The van der Waals surface area contributed by atoms with Crippen molar-refractivity contribution in [3.05, 3.63) is 28.2 Å². The summed E-state index contributed by atoms with van der Waals surface area (Å²) >= 11 is 3.72. The molecule has 0 aliphatic rings. The summed E-state index contributed by atoms with van der Waals surface area (Å²) in [5, 5.41) is 3.49. The fourth-order valence-electron chi connectivity index (χ4n) is 2.30. The van der Waals surface area contributed by atoms with Crippen molar-refractivity contribution in [1.29, 1.82) is 0 Å². The monoisotopic (exact) mass is 340 g/mol. The lowest BCUT2D eigenvalue weighted by molar-refractivity contribution is 0.552. The van der Waals surface area contributed by atoms with Gasteiger partial charge in [-0.15, -0.1) is 0 Å². The van der Waals surface area contributed by atoms with Gasteiger partial charge in [0.15, 0.2) is 0 Å². The van der Waals surface area contributed by atoms with Gasteiger partial charge in [-0.05, 0) is 59.4 Å². The molecule has 0 aliphatic heterocycles.